The first kappa shape index (κ1) is 17.0. The summed E-state index contributed by atoms with van der Waals surface area (Å²) in [6.45, 7) is 6.32. The van der Waals surface area contributed by atoms with E-state index in [1.807, 2.05) is 0 Å². The molecular formula is C13H18O6. The molecule has 0 aliphatic carbocycles. The van der Waals surface area contributed by atoms with Gasteiger partial charge in [0.1, 0.15) is 17.0 Å². The third-order valence-corrected chi connectivity index (χ3v) is 3.03. The molecule has 0 fully saturated rings. The van der Waals surface area contributed by atoms with E-state index in [0.29, 0.717) is 0 Å². The van der Waals surface area contributed by atoms with Crippen molar-refractivity contribution in [3.8, 4) is 0 Å². The lowest BCUT2D eigenvalue weighted by Crippen LogP contribution is -2.39. The molecular weight excluding hydrogens is 252 g/mol. The van der Waals surface area contributed by atoms with Gasteiger partial charge in [-0.3, -0.25) is 14.4 Å². The summed E-state index contributed by atoms with van der Waals surface area (Å²) in [6, 6.07) is 0. The van der Waals surface area contributed by atoms with E-state index in [9.17, 15) is 24.3 Å². The van der Waals surface area contributed by atoms with Crippen molar-refractivity contribution in [1.82, 2.24) is 0 Å². The Hall–Kier alpha value is -1.98. The van der Waals surface area contributed by atoms with E-state index in [-0.39, 0.29) is 12.8 Å². The molecule has 0 unspecified atom stereocenters. The number of carboxylic acid groups (broad SMARTS) is 2. The molecule has 6 heteroatoms. The Morgan fingerprint density at radius 2 is 1.32 bits per heavy atom. The summed E-state index contributed by atoms with van der Waals surface area (Å²) < 4.78 is 0. The Balaban J connectivity index is 5.66. The molecule has 0 aromatic heterocycles. The molecule has 0 saturated carbocycles. The second-order valence-corrected chi connectivity index (χ2v) is 4.31. The standard InChI is InChI=1S/C13H18O6/c1-4-9(14)6-13(12(18)19,7-10(15)5-2)8(3)11(16)17/h3-7H2,1-2H3,(H,16,17)(H,18,19). The lowest BCUT2D eigenvalue weighted by Gasteiger charge is -2.28. The van der Waals surface area contributed by atoms with Gasteiger partial charge in [0.25, 0.3) is 0 Å². The summed E-state index contributed by atoms with van der Waals surface area (Å²) in [5, 5.41) is 18.3. The molecule has 0 spiro atoms. The normalized spacial score (nSPS) is 10.8. The van der Waals surface area contributed by atoms with Crippen LogP contribution in [0, 0.1) is 5.41 Å². The van der Waals surface area contributed by atoms with Crippen LogP contribution in [0.3, 0.4) is 0 Å². The summed E-state index contributed by atoms with van der Waals surface area (Å²) in [6.07, 6.45) is -0.921. The summed E-state index contributed by atoms with van der Waals surface area (Å²) in [7, 11) is 0. The molecule has 0 bridgehead atoms. The predicted molar refractivity (Wildman–Crippen MR) is 66.7 cm³/mol. The van der Waals surface area contributed by atoms with E-state index in [1.54, 1.807) is 13.8 Å². The smallest absolute Gasteiger partial charge is 0.332 e. The number of hydrogen-bond acceptors (Lipinski definition) is 4. The summed E-state index contributed by atoms with van der Waals surface area (Å²) in [5.74, 6) is -3.87. The molecule has 0 aromatic rings. The molecule has 0 heterocycles. The first-order valence-electron chi connectivity index (χ1n) is 5.90. The third-order valence-electron chi connectivity index (χ3n) is 3.03. The Labute approximate surface area is 111 Å². The molecule has 0 aliphatic heterocycles. The highest BCUT2D eigenvalue weighted by molar-refractivity contribution is 6.01. The van der Waals surface area contributed by atoms with Crippen LogP contribution in [0.4, 0.5) is 0 Å². The van der Waals surface area contributed by atoms with Crippen LogP contribution >= 0.6 is 0 Å². The SMILES string of the molecule is C=C(C(=O)O)C(CC(=O)CC)(CC(=O)CC)C(=O)O. The van der Waals surface area contributed by atoms with Gasteiger partial charge >= 0.3 is 11.9 Å². The zero-order valence-electron chi connectivity index (χ0n) is 11.1. The highest BCUT2D eigenvalue weighted by atomic mass is 16.4. The molecule has 2 N–H and O–H groups in total. The maximum absolute atomic E-state index is 11.5. The van der Waals surface area contributed by atoms with Crippen LogP contribution in [-0.2, 0) is 19.2 Å². The monoisotopic (exact) mass is 270 g/mol. The predicted octanol–water partition coefficient (Wildman–Crippen LogP) is 1.44. The van der Waals surface area contributed by atoms with Crippen LogP contribution in [0.15, 0.2) is 12.2 Å². The van der Waals surface area contributed by atoms with Crippen LogP contribution < -0.4 is 0 Å². The van der Waals surface area contributed by atoms with E-state index in [4.69, 9.17) is 5.11 Å². The summed E-state index contributed by atoms with van der Waals surface area (Å²) in [4.78, 5) is 45.5. The lowest BCUT2D eigenvalue weighted by atomic mass is 9.72. The Morgan fingerprint density at radius 3 is 1.53 bits per heavy atom. The maximum atomic E-state index is 11.5. The molecule has 0 saturated heterocycles. The number of ketones is 2. The van der Waals surface area contributed by atoms with Crippen molar-refractivity contribution in [2.45, 2.75) is 39.5 Å². The van der Waals surface area contributed by atoms with Crippen molar-refractivity contribution < 1.29 is 29.4 Å². The van der Waals surface area contributed by atoms with Crippen LogP contribution in [0.25, 0.3) is 0 Å². The Bertz CT molecular complexity index is 403. The number of carboxylic acids is 2. The van der Waals surface area contributed by atoms with Gasteiger partial charge in [0, 0.05) is 31.3 Å². The van der Waals surface area contributed by atoms with E-state index in [0.717, 1.165) is 0 Å². The molecule has 106 valence electrons. The van der Waals surface area contributed by atoms with Gasteiger partial charge in [-0.2, -0.15) is 0 Å². The minimum absolute atomic E-state index is 0.0717. The highest BCUT2D eigenvalue weighted by Crippen LogP contribution is 2.36. The van der Waals surface area contributed by atoms with Crippen molar-refractivity contribution in [2.75, 3.05) is 0 Å². The first-order chi connectivity index (χ1) is 8.71. The molecule has 0 radical (unpaired) electrons. The zero-order valence-corrected chi connectivity index (χ0v) is 11.1. The number of hydrogen-bond donors (Lipinski definition) is 2. The van der Waals surface area contributed by atoms with Gasteiger partial charge in [-0.25, -0.2) is 4.79 Å². The van der Waals surface area contributed by atoms with Crippen molar-refractivity contribution in [3.05, 3.63) is 12.2 Å². The van der Waals surface area contributed by atoms with Crippen molar-refractivity contribution >= 4 is 23.5 Å². The van der Waals surface area contributed by atoms with E-state index >= 15 is 0 Å². The molecule has 0 aliphatic rings. The quantitative estimate of drug-likeness (QED) is 0.613. The van der Waals surface area contributed by atoms with E-state index in [1.165, 1.54) is 0 Å². The first-order valence-corrected chi connectivity index (χ1v) is 5.90. The van der Waals surface area contributed by atoms with Gasteiger partial charge in [-0.05, 0) is 0 Å². The van der Waals surface area contributed by atoms with E-state index < -0.39 is 47.3 Å². The molecule has 6 nitrogen and oxygen atoms in total. The molecule has 0 aromatic carbocycles. The van der Waals surface area contributed by atoms with E-state index in [2.05, 4.69) is 6.58 Å². The largest absolute Gasteiger partial charge is 0.481 e. The topological polar surface area (TPSA) is 109 Å². The second-order valence-electron chi connectivity index (χ2n) is 4.31. The van der Waals surface area contributed by atoms with Gasteiger partial charge < -0.3 is 10.2 Å². The average molecular weight is 270 g/mol. The third kappa shape index (κ3) is 4.01. The fourth-order valence-electron chi connectivity index (χ4n) is 1.68. The average Bonchev–Trinajstić information content (AvgIpc) is 2.35. The molecule has 0 atom stereocenters. The number of carbonyl (C=O) groups excluding carboxylic acids is 2. The fraction of sp³-hybridized carbons (Fsp3) is 0.538. The van der Waals surface area contributed by atoms with Crippen LogP contribution in [0.2, 0.25) is 0 Å². The summed E-state index contributed by atoms with van der Waals surface area (Å²) in [5.41, 5.74) is -2.69. The fourth-order valence-corrected chi connectivity index (χ4v) is 1.68. The Morgan fingerprint density at radius 1 is 0.947 bits per heavy atom. The van der Waals surface area contributed by atoms with Crippen molar-refractivity contribution in [1.29, 1.82) is 0 Å². The van der Waals surface area contributed by atoms with Gasteiger partial charge in [-0.15, -0.1) is 0 Å². The van der Waals surface area contributed by atoms with Crippen molar-refractivity contribution in [2.24, 2.45) is 5.41 Å². The van der Waals surface area contributed by atoms with Crippen LogP contribution in [0.5, 0.6) is 0 Å². The number of rotatable bonds is 9. The molecule has 0 amide bonds. The molecule has 0 rings (SSSR count). The minimum atomic E-state index is -2.05. The highest BCUT2D eigenvalue weighted by Gasteiger charge is 2.46. The lowest BCUT2D eigenvalue weighted by molar-refractivity contribution is -0.153. The van der Waals surface area contributed by atoms with Gasteiger partial charge in [-0.1, -0.05) is 20.4 Å². The zero-order chi connectivity index (χ0) is 15.2. The number of carbonyl (C=O) groups is 4. The van der Waals surface area contributed by atoms with Gasteiger partial charge in [0.2, 0.25) is 0 Å². The number of Topliss-reactive ketones (excluding diaryl/α,β-unsaturated/α-hetero) is 2. The van der Waals surface area contributed by atoms with Gasteiger partial charge in [0.15, 0.2) is 0 Å². The number of aliphatic carboxylic acids is 2. The molecule has 19 heavy (non-hydrogen) atoms. The van der Waals surface area contributed by atoms with Gasteiger partial charge in [0.05, 0.1) is 0 Å². The van der Waals surface area contributed by atoms with Crippen molar-refractivity contribution in [3.63, 3.8) is 0 Å². The minimum Gasteiger partial charge on any atom is -0.481 e. The summed E-state index contributed by atoms with van der Waals surface area (Å²) >= 11 is 0. The Kier molecular flexibility index (Phi) is 6.11. The van der Waals surface area contributed by atoms with Crippen LogP contribution in [-0.4, -0.2) is 33.7 Å². The second kappa shape index (κ2) is 6.82. The van der Waals surface area contributed by atoms with Crippen LogP contribution in [0.1, 0.15) is 39.5 Å². The maximum Gasteiger partial charge on any atom is 0.332 e.